The molecule has 9 rings (SSSR count). The van der Waals surface area contributed by atoms with Gasteiger partial charge in [0, 0.05) is 38.9 Å². The molecule has 0 aliphatic carbocycles. The maximum absolute atomic E-state index is 6.30. The molecule has 0 saturated carbocycles. The van der Waals surface area contributed by atoms with E-state index >= 15 is 0 Å². The average molecular weight is 527 g/mol. The van der Waals surface area contributed by atoms with Gasteiger partial charge >= 0.3 is 0 Å². The van der Waals surface area contributed by atoms with Gasteiger partial charge in [0.15, 0.2) is 5.58 Å². The van der Waals surface area contributed by atoms with Gasteiger partial charge in [0.1, 0.15) is 16.7 Å². The third kappa shape index (κ3) is 3.38. The molecule has 3 heterocycles. The van der Waals surface area contributed by atoms with Crippen molar-refractivity contribution in [1.82, 2.24) is 9.55 Å². The van der Waals surface area contributed by atoms with Gasteiger partial charge in [0.05, 0.1) is 11.0 Å². The van der Waals surface area contributed by atoms with Crippen LogP contribution in [0.1, 0.15) is 0 Å². The highest BCUT2D eigenvalue weighted by molar-refractivity contribution is 6.11. The fourth-order valence-electron chi connectivity index (χ4n) is 6.11. The van der Waals surface area contributed by atoms with Crippen molar-refractivity contribution in [1.29, 1.82) is 0 Å². The third-order valence-corrected chi connectivity index (χ3v) is 8.02. The normalized spacial score (nSPS) is 11.9. The standard InChI is InChI=1S/C37H22N2O2/c1-2-11-26(12-3-1)39-32-15-6-4-13-27(32)29-20-24(17-18-33(29)39)23-9-8-10-25(19-23)37-38-31-22-35-30(21-36(31)41-37)28-14-5-7-16-34(28)40-35/h1-22H. The number of oxazole rings is 1. The van der Waals surface area contributed by atoms with Gasteiger partial charge in [-0.15, -0.1) is 0 Å². The molecular weight excluding hydrogens is 504 g/mol. The van der Waals surface area contributed by atoms with E-state index in [0.29, 0.717) is 5.89 Å². The number of fused-ring (bicyclic) bond motifs is 7. The van der Waals surface area contributed by atoms with Crippen LogP contribution in [-0.2, 0) is 0 Å². The quantitative estimate of drug-likeness (QED) is 0.230. The first-order valence-electron chi connectivity index (χ1n) is 13.7. The Labute approximate surface area is 234 Å². The van der Waals surface area contributed by atoms with Crippen LogP contribution in [0.4, 0.5) is 0 Å². The van der Waals surface area contributed by atoms with E-state index in [2.05, 4.69) is 102 Å². The number of benzene rings is 6. The summed E-state index contributed by atoms with van der Waals surface area (Å²) in [7, 11) is 0. The minimum absolute atomic E-state index is 0.598. The molecule has 3 aromatic heterocycles. The summed E-state index contributed by atoms with van der Waals surface area (Å²) in [5.41, 5.74) is 9.96. The number of aromatic nitrogens is 2. The lowest BCUT2D eigenvalue weighted by Gasteiger charge is -2.08. The zero-order valence-electron chi connectivity index (χ0n) is 21.9. The van der Waals surface area contributed by atoms with Gasteiger partial charge in [0.25, 0.3) is 0 Å². The summed E-state index contributed by atoms with van der Waals surface area (Å²) in [5, 5.41) is 4.57. The first-order valence-corrected chi connectivity index (χ1v) is 13.7. The molecule has 0 unspecified atom stereocenters. The van der Waals surface area contributed by atoms with Crippen LogP contribution in [0.5, 0.6) is 0 Å². The van der Waals surface area contributed by atoms with Gasteiger partial charge in [0.2, 0.25) is 5.89 Å². The maximum Gasteiger partial charge on any atom is 0.227 e. The van der Waals surface area contributed by atoms with Crippen molar-refractivity contribution in [3.8, 4) is 28.3 Å². The van der Waals surface area contributed by atoms with Gasteiger partial charge in [-0.25, -0.2) is 4.98 Å². The van der Waals surface area contributed by atoms with Gasteiger partial charge in [-0.3, -0.25) is 0 Å². The molecule has 0 atom stereocenters. The minimum atomic E-state index is 0.598. The summed E-state index contributed by atoms with van der Waals surface area (Å²) >= 11 is 0. The van der Waals surface area contributed by atoms with Crippen LogP contribution in [0, 0.1) is 0 Å². The smallest absolute Gasteiger partial charge is 0.227 e. The summed E-state index contributed by atoms with van der Waals surface area (Å²) in [6.45, 7) is 0. The average Bonchev–Trinajstić information content (AvgIpc) is 3.71. The molecular formula is C37H22N2O2. The largest absolute Gasteiger partial charge is 0.456 e. The molecule has 9 aromatic rings. The Morgan fingerprint density at radius 2 is 1.20 bits per heavy atom. The van der Waals surface area contributed by atoms with Crippen molar-refractivity contribution < 1.29 is 8.83 Å². The highest BCUT2D eigenvalue weighted by Gasteiger charge is 2.16. The highest BCUT2D eigenvalue weighted by Crippen LogP contribution is 2.37. The van der Waals surface area contributed by atoms with E-state index in [4.69, 9.17) is 13.8 Å². The van der Waals surface area contributed by atoms with Crippen LogP contribution in [0.15, 0.2) is 142 Å². The minimum Gasteiger partial charge on any atom is -0.456 e. The number of rotatable bonds is 3. The number of furan rings is 1. The maximum atomic E-state index is 6.30. The summed E-state index contributed by atoms with van der Waals surface area (Å²) in [5.74, 6) is 0.598. The number of hydrogen-bond donors (Lipinski definition) is 0. The predicted octanol–water partition coefficient (Wildman–Crippen LogP) is 10.2. The molecule has 0 spiro atoms. The predicted molar refractivity (Wildman–Crippen MR) is 166 cm³/mol. The molecule has 0 aliphatic heterocycles. The highest BCUT2D eigenvalue weighted by atomic mass is 16.4. The summed E-state index contributed by atoms with van der Waals surface area (Å²) in [4.78, 5) is 4.84. The van der Waals surface area contributed by atoms with Gasteiger partial charge < -0.3 is 13.4 Å². The van der Waals surface area contributed by atoms with Crippen LogP contribution in [-0.4, -0.2) is 9.55 Å². The van der Waals surface area contributed by atoms with E-state index in [0.717, 1.165) is 55.4 Å². The zero-order chi connectivity index (χ0) is 26.9. The molecule has 4 heteroatoms. The lowest BCUT2D eigenvalue weighted by molar-refractivity contribution is 0.620. The first-order chi connectivity index (χ1) is 20.3. The third-order valence-electron chi connectivity index (χ3n) is 8.02. The summed E-state index contributed by atoms with van der Waals surface area (Å²) in [6.07, 6.45) is 0. The van der Waals surface area contributed by atoms with Crippen molar-refractivity contribution >= 4 is 54.8 Å². The van der Waals surface area contributed by atoms with Gasteiger partial charge in [-0.05, 0) is 65.7 Å². The van der Waals surface area contributed by atoms with Crippen molar-refractivity contribution in [3.63, 3.8) is 0 Å². The Morgan fingerprint density at radius 1 is 0.439 bits per heavy atom. The van der Waals surface area contributed by atoms with Crippen LogP contribution in [0.2, 0.25) is 0 Å². The molecule has 0 amide bonds. The molecule has 4 nitrogen and oxygen atoms in total. The Kier molecular flexibility index (Phi) is 4.58. The Hall–Kier alpha value is -5.61. The SMILES string of the molecule is c1ccc(-n2c3ccccc3c3cc(-c4cccc(-c5nc6cc7oc8ccccc8c7cc6o5)c4)ccc32)cc1. The van der Waals surface area contributed by atoms with Crippen LogP contribution < -0.4 is 0 Å². The van der Waals surface area contributed by atoms with E-state index in [1.807, 2.05) is 36.4 Å². The molecule has 0 radical (unpaired) electrons. The fraction of sp³-hybridized carbons (Fsp3) is 0. The van der Waals surface area contributed by atoms with Gasteiger partial charge in [-0.2, -0.15) is 0 Å². The first kappa shape index (κ1) is 22.2. The Bertz CT molecular complexity index is 2430. The van der Waals surface area contributed by atoms with Crippen LogP contribution >= 0.6 is 0 Å². The lowest BCUT2D eigenvalue weighted by Crippen LogP contribution is -1.92. The molecule has 41 heavy (non-hydrogen) atoms. The lowest BCUT2D eigenvalue weighted by atomic mass is 10.0. The van der Waals surface area contributed by atoms with E-state index in [1.54, 1.807) is 0 Å². The Morgan fingerprint density at radius 3 is 2.12 bits per heavy atom. The monoisotopic (exact) mass is 526 g/mol. The molecule has 0 bridgehead atoms. The number of nitrogens with zero attached hydrogens (tertiary/aromatic N) is 2. The topological polar surface area (TPSA) is 44.1 Å². The Balaban J connectivity index is 1.16. The van der Waals surface area contributed by atoms with E-state index < -0.39 is 0 Å². The molecule has 0 saturated heterocycles. The second kappa shape index (κ2) is 8.44. The van der Waals surface area contributed by atoms with Crippen molar-refractivity contribution in [2.24, 2.45) is 0 Å². The van der Waals surface area contributed by atoms with Crippen LogP contribution in [0.3, 0.4) is 0 Å². The zero-order valence-corrected chi connectivity index (χ0v) is 21.9. The summed E-state index contributed by atoms with van der Waals surface area (Å²) in [6, 6.07) is 46.3. The van der Waals surface area contributed by atoms with Crippen LogP contribution in [0.25, 0.3) is 83.1 Å². The molecule has 0 aliphatic rings. The number of hydrogen-bond acceptors (Lipinski definition) is 3. The van der Waals surface area contributed by atoms with Crippen molar-refractivity contribution in [2.75, 3.05) is 0 Å². The van der Waals surface area contributed by atoms with E-state index in [1.165, 1.54) is 21.8 Å². The van der Waals surface area contributed by atoms with Crippen molar-refractivity contribution in [3.05, 3.63) is 133 Å². The molecule has 0 fully saturated rings. The van der Waals surface area contributed by atoms with E-state index in [-0.39, 0.29) is 0 Å². The fourth-order valence-corrected chi connectivity index (χ4v) is 6.11. The second-order valence-corrected chi connectivity index (χ2v) is 10.4. The number of para-hydroxylation sites is 3. The van der Waals surface area contributed by atoms with E-state index in [9.17, 15) is 0 Å². The molecule has 192 valence electrons. The second-order valence-electron chi connectivity index (χ2n) is 10.4. The summed E-state index contributed by atoms with van der Waals surface area (Å²) < 4.78 is 14.7. The van der Waals surface area contributed by atoms with Gasteiger partial charge in [-0.1, -0.05) is 72.8 Å². The molecule has 0 N–H and O–H groups in total. The molecule has 6 aromatic carbocycles. The van der Waals surface area contributed by atoms with Crippen molar-refractivity contribution in [2.45, 2.75) is 0 Å².